The van der Waals surface area contributed by atoms with Crippen LogP contribution >= 0.6 is 0 Å². The van der Waals surface area contributed by atoms with Crippen molar-refractivity contribution in [3.63, 3.8) is 0 Å². The van der Waals surface area contributed by atoms with Gasteiger partial charge in [0.2, 0.25) is 0 Å². The Kier molecular flexibility index (Phi) is 7.20. The molecule has 1 aromatic heterocycles. The second kappa shape index (κ2) is 11.2. The summed E-state index contributed by atoms with van der Waals surface area (Å²) in [6.07, 6.45) is 2.69. The van der Waals surface area contributed by atoms with Crippen molar-refractivity contribution in [2.45, 2.75) is 13.0 Å². The summed E-state index contributed by atoms with van der Waals surface area (Å²) >= 11 is 0. The normalized spacial score (nSPS) is 15.7. The molecular formula is C31H32N4O3. The molecule has 4 aromatic rings. The Hall–Kier alpha value is -3.94. The van der Waals surface area contributed by atoms with Crippen LogP contribution in [-0.2, 0) is 17.7 Å². The van der Waals surface area contributed by atoms with Crippen molar-refractivity contribution in [1.29, 1.82) is 0 Å². The molecule has 2 aliphatic heterocycles. The van der Waals surface area contributed by atoms with Crippen LogP contribution in [0.5, 0.6) is 5.75 Å². The SMILES string of the molecule is O=C(Nc1ccc(OCCN2CCOCC2)c2ccccc12)c1ccnc(N2CCc3ccccc3C2)c1. The van der Waals surface area contributed by atoms with Gasteiger partial charge in [0.05, 0.1) is 13.2 Å². The molecular weight excluding hydrogens is 476 g/mol. The Labute approximate surface area is 223 Å². The Balaban J connectivity index is 1.16. The minimum Gasteiger partial charge on any atom is -0.492 e. The van der Waals surface area contributed by atoms with Crippen molar-refractivity contribution in [3.8, 4) is 5.75 Å². The zero-order valence-corrected chi connectivity index (χ0v) is 21.4. The minimum absolute atomic E-state index is 0.155. The summed E-state index contributed by atoms with van der Waals surface area (Å²) in [5.41, 5.74) is 4.05. The number of nitrogens with one attached hydrogen (secondary N) is 1. The molecule has 2 aliphatic rings. The molecule has 7 nitrogen and oxygen atoms in total. The second-order valence-corrected chi connectivity index (χ2v) is 9.76. The highest BCUT2D eigenvalue weighted by molar-refractivity contribution is 6.10. The maximum absolute atomic E-state index is 13.3. The lowest BCUT2D eigenvalue weighted by Gasteiger charge is -2.30. The van der Waals surface area contributed by atoms with E-state index in [9.17, 15) is 4.79 Å². The van der Waals surface area contributed by atoms with Gasteiger partial charge in [0.1, 0.15) is 18.2 Å². The predicted octanol–water partition coefficient (Wildman–Crippen LogP) is 4.76. The van der Waals surface area contributed by atoms with E-state index >= 15 is 0 Å². The van der Waals surface area contributed by atoms with Gasteiger partial charge in [0, 0.05) is 60.9 Å². The summed E-state index contributed by atoms with van der Waals surface area (Å²) in [5.74, 6) is 1.49. The van der Waals surface area contributed by atoms with Crippen molar-refractivity contribution >= 4 is 28.2 Å². The molecule has 0 unspecified atom stereocenters. The third-order valence-electron chi connectivity index (χ3n) is 7.36. The molecule has 0 bridgehead atoms. The van der Waals surface area contributed by atoms with Gasteiger partial charge < -0.3 is 19.7 Å². The number of carbonyl (C=O) groups excluding carboxylic acids is 1. The molecule has 7 heteroatoms. The van der Waals surface area contributed by atoms with Crippen LogP contribution in [0.1, 0.15) is 21.5 Å². The first-order valence-electron chi connectivity index (χ1n) is 13.3. The Morgan fingerprint density at radius 2 is 1.71 bits per heavy atom. The maximum Gasteiger partial charge on any atom is 0.255 e. The highest BCUT2D eigenvalue weighted by Gasteiger charge is 2.19. The average Bonchev–Trinajstić information content (AvgIpc) is 2.98. The Morgan fingerprint density at radius 3 is 2.58 bits per heavy atom. The van der Waals surface area contributed by atoms with E-state index in [2.05, 4.69) is 44.4 Å². The van der Waals surface area contributed by atoms with Crippen LogP contribution in [-0.4, -0.2) is 61.8 Å². The van der Waals surface area contributed by atoms with Crippen molar-refractivity contribution in [2.24, 2.45) is 0 Å². The molecule has 1 amide bonds. The number of aromatic nitrogens is 1. The first kappa shape index (κ1) is 24.4. The number of ether oxygens (including phenoxy) is 2. The quantitative estimate of drug-likeness (QED) is 0.388. The lowest BCUT2D eigenvalue weighted by molar-refractivity contribution is 0.0323. The van der Waals surface area contributed by atoms with E-state index in [0.29, 0.717) is 12.2 Å². The number of pyridine rings is 1. The van der Waals surface area contributed by atoms with Gasteiger partial charge in [-0.15, -0.1) is 0 Å². The van der Waals surface area contributed by atoms with Crippen molar-refractivity contribution in [2.75, 3.05) is 56.2 Å². The van der Waals surface area contributed by atoms with E-state index in [1.807, 2.05) is 42.5 Å². The first-order chi connectivity index (χ1) is 18.7. The van der Waals surface area contributed by atoms with E-state index < -0.39 is 0 Å². The fraction of sp³-hybridized carbons (Fsp3) is 0.290. The molecule has 6 rings (SSSR count). The summed E-state index contributed by atoms with van der Waals surface area (Å²) in [6, 6.07) is 24.1. The zero-order chi connectivity index (χ0) is 25.7. The van der Waals surface area contributed by atoms with Crippen molar-refractivity contribution in [1.82, 2.24) is 9.88 Å². The van der Waals surface area contributed by atoms with E-state index in [-0.39, 0.29) is 5.91 Å². The molecule has 0 atom stereocenters. The van der Waals surface area contributed by atoms with Gasteiger partial charge >= 0.3 is 0 Å². The van der Waals surface area contributed by atoms with Crippen LogP contribution < -0.4 is 15.0 Å². The van der Waals surface area contributed by atoms with Crippen LogP contribution in [0.2, 0.25) is 0 Å². The van der Waals surface area contributed by atoms with Crippen LogP contribution in [0.25, 0.3) is 10.8 Å². The molecule has 0 saturated carbocycles. The van der Waals surface area contributed by atoms with Gasteiger partial charge in [-0.05, 0) is 41.8 Å². The maximum atomic E-state index is 13.3. The van der Waals surface area contributed by atoms with Crippen LogP contribution in [0, 0.1) is 0 Å². The third-order valence-corrected chi connectivity index (χ3v) is 7.36. The lowest BCUT2D eigenvalue weighted by atomic mass is 10.00. The van der Waals surface area contributed by atoms with Crippen LogP contribution in [0.3, 0.4) is 0 Å². The number of rotatable bonds is 7. The molecule has 0 aliphatic carbocycles. The molecule has 0 radical (unpaired) electrons. The number of anilines is 2. The molecule has 194 valence electrons. The molecule has 0 spiro atoms. The van der Waals surface area contributed by atoms with Gasteiger partial charge in [0.25, 0.3) is 5.91 Å². The average molecular weight is 509 g/mol. The number of benzene rings is 3. The summed E-state index contributed by atoms with van der Waals surface area (Å²) in [4.78, 5) is 22.5. The lowest BCUT2D eigenvalue weighted by Crippen LogP contribution is -2.38. The van der Waals surface area contributed by atoms with E-state index in [0.717, 1.165) is 80.4 Å². The Bertz CT molecular complexity index is 1430. The van der Waals surface area contributed by atoms with Crippen LogP contribution in [0.4, 0.5) is 11.5 Å². The molecule has 1 fully saturated rings. The number of carbonyl (C=O) groups is 1. The van der Waals surface area contributed by atoms with Gasteiger partial charge in [-0.1, -0.05) is 48.5 Å². The number of hydrogen-bond donors (Lipinski definition) is 1. The monoisotopic (exact) mass is 508 g/mol. The number of hydrogen-bond acceptors (Lipinski definition) is 6. The summed E-state index contributed by atoms with van der Waals surface area (Å²) in [7, 11) is 0. The van der Waals surface area contributed by atoms with Gasteiger partial charge in [-0.3, -0.25) is 9.69 Å². The van der Waals surface area contributed by atoms with Crippen LogP contribution in [0.15, 0.2) is 79.0 Å². The number of nitrogens with zero attached hydrogens (tertiary/aromatic N) is 3. The fourth-order valence-corrected chi connectivity index (χ4v) is 5.23. The van der Waals surface area contributed by atoms with Gasteiger partial charge in [-0.2, -0.15) is 0 Å². The molecule has 1 N–H and O–H groups in total. The molecule has 3 aromatic carbocycles. The van der Waals surface area contributed by atoms with E-state index in [4.69, 9.17) is 9.47 Å². The highest BCUT2D eigenvalue weighted by atomic mass is 16.5. The second-order valence-electron chi connectivity index (χ2n) is 9.76. The first-order valence-corrected chi connectivity index (χ1v) is 13.3. The minimum atomic E-state index is -0.155. The number of fused-ring (bicyclic) bond motifs is 2. The largest absolute Gasteiger partial charge is 0.492 e. The predicted molar refractivity (Wildman–Crippen MR) is 150 cm³/mol. The number of amides is 1. The van der Waals surface area contributed by atoms with E-state index in [1.165, 1.54) is 11.1 Å². The van der Waals surface area contributed by atoms with Crippen molar-refractivity contribution in [3.05, 3.63) is 95.7 Å². The fourth-order valence-electron chi connectivity index (χ4n) is 5.23. The zero-order valence-electron chi connectivity index (χ0n) is 21.4. The molecule has 38 heavy (non-hydrogen) atoms. The number of morpholine rings is 1. The third kappa shape index (κ3) is 5.35. The molecule has 3 heterocycles. The summed E-state index contributed by atoms with van der Waals surface area (Å²) in [5, 5.41) is 5.05. The van der Waals surface area contributed by atoms with E-state index in [1.54, 1.807) is 12.3 Å². The van der Waals surface area contributed by atoms with Gasteiger partial charge in [0.15, 0.2) is 0 Å². The molecule has 1 saturated heterocycles. The Morgan fingerprint density at radius 1 is 0.921 bits per heavy atom. The van der Waals surface area contributed by atoms with Crippen molar-refractivity contribution < 1.29 is 14.3 Å². The summed E-state index contributed by atoms with van der Waals surface area (Å²) in [6.45, 7) is 6.59. The summed E-state index contributed by atoms with van der Waals surface area (Å²) < 4.78 is 11.6. The van der Waals surface area contributed by atoms with Gasteiger partial charge in [-0.25, -0.2) is 4.98 Å². The smallest absolute Gasteiger partial charge is 0.255 e. The highest BCUT2D eigenvalue weighted by Crippen LogP contribution is 2.32. The topological polar surface area (TPSA) is 66.9 Å². The standard InChI is InChI=1S/C31H32N4O3/c36-31(24-11-13-32-30(21-24)35-14-12-23-5-1-2-6-25(23)22-35)33-28-9-10-29(27-8-4-3-7-26(27)28)38-20-17-34-15-18-37-19-16-34/h1-11,13,21H,12,14-20,22H2,(H,33,36).